The van der Waals surface area contributed by atoms with E-state index in [0.29, 0.717) is 23.6 Å². The summed E-state index contributed by atoms with van der Waals surface area (Å²) < 4.78 is 11.0. The molecule has 6 nitrogen and oxygen atoms in total. The first-order chi connectivity index (χ1) is 12.0. The minimum Gasteiger partial charge on any atom is -0.492 e. The maximum atomic E-state index is 12.5. The lowest BCUT2D eigenvalue weighted by atomic mass is 10.1. The summed E-state index contributed by atoms with van der Waals surface area (Å²) in [5.74, 6) is 1.22. The number of nitrogens with one attached hydrogen (secondary N) is 1. The van der Waals surface area contributed by atoms with Gasteiger partial charge in [0.1, 0.15) is 11.5 Å². The first-order valence-corrected chi connectivity index (χ1v) is 8.34. The van der Waals surface area contributed by atoms with Gasteiger partial charge in [-0.3, -0.25) is 9.59 Å². The van der Waals surface area contributed by atoms with Crippen LogP contribution < -0.4 is 10.1 Å². The number of hydrogen-bond acceptors (Lipinski definition) is 4. The van der Waals surface area contributed by atoms with E-state index in [2.05, 4.69) is 5.32 Å². The molecule has 0 bridgehead atoms. The maximum Gasteiger partial charge on any atom is 0.253 e. The number of carbonyl (C=O) groups excluding carboxylic acids is 2. The molecule has 1 aromatic carbocycles. The summed E-state index contributed by atoms with van der Waals surface area (Å²) >= 11 is 0. The fourth-order valence-electron chi connectivity index (χ4n) is 2.82. The third-order valence-electron chi connectivity index (χ3n) is 4.23. The zero-order valence-electron chi connectivity index (χ0n) is 14.6. The highest BCUT2D eigenvalue weighted by Gasteiger charge is 2.46. The number of amides is 2. The van der Waals surface area contributed by atoms with Gasteiger partial charge < -0.3 is 19.4 Å². The monoisotopic (exact) mass is 342 g/mol. The second-order valence-electron chi connectivity index (χ2n) is 6.30. The Hall–Kier alpha value is -2.76. The summed E-state index contributed by atoms with van der Waals surface area (Å²) in [5.41, 5.74) is 1.10. The van der Waals surface area contributed by atoms with Crippen LogP contribution in [0.15, 0.2) is 41.0 Å². The van der Waals surface area contributed by atoms with Gasteiger partial charge in [-0.2, -0.15) is 0 Å². The topological polar surface area (TPSA) is 71.8 Å². The van der Waals surface area contributed by atoms with Crippen molar-refractivity contribution in [3.8, 4) is 5.75 Å². The molecule has 25 heavy (non-hydrogen) atoms. The summed E-state index contributed by atoms with van der Waals surface area (Å²) in [6.45, 7) is 2.31. The van der Waals surface area contributed by atoms with Gasteiger partial charge in [-0.15, -0.1) is 0 Å². The largest absolute Gasteiger partial charge is 0.492 e. The number of carbonyl (C=O) groups is 2. The third-order valence-corrected chi connectivity index (χ3v) is 4.23. The molecule has 1 aliphatic rings. The molecule has 132 valence electrons. The third kappa shape index (κ3) is 3.68. The normalized spacial score (nSPS) is 18.5. The molecule has 1 saturated carbocycles. The van der Waals surface area contributed by atoms with Crippen LogP contribution in [-0.4, -0.2) is 37.4 Å². The average Bonchev–Trinajstić information content (AvgIpc) is 3.21. The Morgan fingerprint density at radius 2 is 2.12 bits per heavy atom. The van der Waals surface area contributed by atoms with Gasteiger partial charge in [0.25, 0.3) is 5.91 Å². The van der Waals surface area contributed by atoms with E-state index in [0.717, 1.165) is 12.2 Å². The Morgan fingerprint density at radius 1 is 1.32 bits per heavy atom. The first kappa shape index (κ1) is 17.1. The van der Waals surface area contributed by atoms with E-state index in [4.69, 9.17) is 9.15 Å². The van der Waals surface area contributed by atoms with Gasteiger partial charge in [0.05, 0.1) is 18.6 Å². The predicted octanol–water partition coefficient (Wildman–Crippen LogP) is 3.12. The summed E-state index contributed by atoms with van der Waals surface area (Å²) in [5, 5.41) is 2.91. The van der Waals surface area contributed by atoms with E-state index in [1.165, 1.54) is 4.90 Å². The number of furan rings is 1. The lowest BCUT2D eigenvalue weighted by molar-refractivity contribution is -0.117. The van der Waals surface area contributed by atoms with Crippen LogP contribution in [0.4, 0.5) is 5.69 Å². The fraction of sp³-hybridized carbons (Fsp3) is 0.368. The van der Waals surface area contributed by atoms with Gasteiger partial charge in [-0.05, 0) is 43.7 Å². The van der Waals surface area contributed by atoms with Crippen molar-refractivity contribution in [3.05, 3.63) is 47.9 Å². The van der Waals surface area contributed by atoms with Crippen LogP contribution in [0, 0.1) is 5.92 Å². The van der Waals surface area contributed by atoms with Crippen molar-refractivity contribution >= 4 is 17.5 Å². The Bertz CT molecular complexity index is 768. The highest BCUT2D eigenvalue weighted by atomic mass is 16.5. The van der Waals surface area contributed by atoms with Crippen LogP contribution in [0.25, 0.3) is 0 Å². The fourth-order valence-corrected chi connectivity index (χ4v) is 2.82. The van der Waals surface area contributed by atoms with Crippen molar-refractivity contribution in [2.75, 3.05) is 26.0 Å². The Kier molecular flexibility index (Phi) is 4.79. The second kappa shape index (κ2) is 7.01. The Morgan fingerprint density at radius 3 is 2.76 bits per heavy atom. The Labute approximate surface area is 146 Å². The molecule has 2 aromatic rings. The first-order valence-electron chi connectivity index (χ1n) is 8.34. The van der Waals surface area contributed by atoms with E-state index in [-0.39, 0.29) is 23.7 Å². The minimum absolute atomic E-state index is 0.0611. The standard InChI is InChI=1S/C19H22N2O4/c1-4-24-17-10-12(19(23)21(2)3)7-8-15(17)20-18(22)14-11-13(14)16-6-5-9-25-16/h5-10,13-14H,4,11H2,1-3H3,(H,20,22)/t13-,14-/m0/s1. The number of anilines is 1. The Balaban J connectivity index is 1.73. The van der Waals surface area contributed by atoms with E-state index in [9.17, 15) is 9.59 Å². The molecule has 1 N–H and O–H groups in total. The van der Waals surface area contributed by atoms with Gasteiger partial charge in [-0.1, -0.05) is 0 Å². The smallest absolute Gasteiger partial charge is 0.253 e. The van der Waals surface area contributed by atoms with Gasteiger partial charge >= 0.3 is 0 Å². The van der Waals surface area contributed by atoms with Crippen molar-refractivity contribution in [2.24, 2.45) is 5.92 Å². The molecule has 6 heteroatoms. The van der Waals surface area contributed by atoms with Crippen LogP contribution in [0.2, 0.25) is 0 Å². The van der Waals surface area contributed by atoms with Crippen LogP contribution in [0.5, 0.6) is 5.75 Å². The lowest BCUT2D eigenvalue weighted by Gasteiger charge is -2.15. The SMILES string of the molecule is CCOc1cc(C(=O)N(C)C)ccc1NC(=O)[C@H]1C[C@@H]1c1ccco1. The molecule has 0 radical (unpaired) electrons. The van der Waals surface area contributed by atoms with Crippen molar-refractivity contribution in [3.63, 3.8) is 0 Å². The number of rotatable bonds is 6. The van der Waals surface area contributed by atoms with E-state index < -0.39 is 0 Å². The van der Waals surface area contributed by atoms with Crippen LogP contribution in [0.1, 0.15) is 35.4 Å². The summed E-state index contributed by atoms with van der Waals surface area (Å²) in [6.07, 6.45) is 2.40. The second-order valence-corrected chi connectivity index (χ2v) is 6.30. The summed E-state index contributed by atoms with van der Waals surface area (Å²) in [6, 6.07) is 8.79. The molecule has 1 aliphatic carbocycles. The average molecular weight is 342 g/mol. The molecule has 1 aromatic heterocycles. The van der Waals surface area contributed by atoms with Crippen molar-refractivity contribution in [2.45, 2.75) is 19.3 Å². The predicted molar refractivity (Wildman–Crippen MR) is 93.8 cm³/mol. The van der Waals surface area contributed by atoms with E-state index >= 15 is 0 Å². The maximum absolute atomic E-state index is 12.5. The molecule has 0 saturated heterocycles. The van der Waals surface area contributed by atoms with Crippen molar-refractivity contribution in [1.82, 2.24) is 4.90 Å². The van der Waals surface area contributed by atoms with Gasteiger partial charge in [0, 0.05) is 31.5 Å². The molecule has 0 unspecified atom stereocenters. The van der Waals surface area contributed by atoms with E-state index in [1.807, 2.05) is 19.1 Å². The molecule has 1 heterocycles. The van der Waals surface area contributed by atoms with Gasteiger partial charge in [-0.25, -0.2) is 0 Å². The zero-order chi connectivity index (χ0) is 18.0. The number of hydrogen-bond donors (Lipinski definition) is 1. The zero-order valence-corrected chi connectivity index (χ0v) is 14.6. The number of ether oxygens (including phenoxy) is 1. The highest BCUT2D eigenvalue weighted by Crippen LogP contribution is 2.48. The number of nitrogens with zero attached hydrogens (tertiary/aromatic N) is 1. The molecule has 2 atom stereocenters. The molecule has 0 aliphatic heterocycles. The molecule has 2 amide bonds. The summed E-state index contributed by atoms with van der Waals surface area (Å²) in [7, 11) is 3.39. The molecular weight excluding hydrogens is 320 g/mol. The van der Waals surface area contributed by atoms with Crippen molar-refractivity contribution < 1.29 is 18.7 Å². The lowest BCUT2D eigenvalue weighted by Crippen LogP contribution is -2.22. The number of benzene rings is 1. The highest BCUT2D eigenvalue weighted by molar-refractivity contribution is 5.98. The summed E-state index contributed by atoms with van der Waals surface area (Å²) in [4.78, 5) is 26.1. The molecule has 0 spiro atoms. The van der Waals surface area contributed by atoms with Crippen LogP contribution in [-0.2, 0) is 4.79 Å². The van der Waals surface area contributed by atoms with Crippen LogP contribution in [0.3, 0.4) is 0 Å². The van der Waals surface area contributed by atoms with Crippen LogP contribution >= 0.6 is 0 Å². The van der Waals surface area contributed by atoms with Gasteiger partial charge in [0.15, 0.2) is 0 Å². The molecular formula is C19H22N2O4. The quantitative estimate of drug-likeness (QED) is 0.875. The van der Waals surface area contributed by atoms with Gasteiger partial charge in [0.2, 0.25) is 5.91 Å². The minimum atomic E-state index is -0.112. The van der Waals surface area contributed by atoms with Crippen molar-refractivity contribution in [1.29, 1.82) is 0 Å². The molecule has 1 fully saturated rings. The molecule has 3 rings (SSSR count). The van der Waals surface area contributed by atoms with E-state index in [1.54, 1.807) is 38.6 Å².